The van der Waals surface area contributed by atoms with Gasteiger partial charge in [-0.25, -0.2) is 4.98 Å². The van der Waals surface area contributed by atoms with E-state index in [2.05, 4.69) is 58.1 Å². The normalized spacial score (nSPS) is 14.9. The predicted octanol–water partition coefficient (Wildman–Crippen LogP) is 4.22. The number of carbonyl (C=O) groups is 2. The van der Waals surface area contributed by atoms with Gasteiger partial charge in [-0.2, -0.15) is 0 Å². The van der Waals surface area contributed by atoms with E-state index in [1.807, 2.05) is 6.07 Å². The Kier molecular flexibility index (Phi) is 6.26. The molecule has 0 fully saturated rings. The molecule has 1 heterocycles. The van der Waals surface area contributed by atoms with Gasteiger partial charge < -0.3 is 15.4 Å². The average Bonchev–Trinajstić information content (AvgIpc) is 2.79. The molecule has 1 unspecified atom stereocenters. The highest BCUT2D eigenvalue weighted by Gasteiger charge is 2.20. The number of nitrogens with one attached hydrogen (secondary N) is 2. The van der Waals surface area contributed by atoms with Crippen molar-refractivity contribution < 1.29 is 14.3 Å². The first kappa shape index (κ1) is 20.6. The lowest BCUT2D eigenvalue weighted by Gasteiger charge is -2.25. The molecular formula is C25H25N3O3. The fourth-order valence-electron chi connectivity index (χ4n) is 3.85. The van der Waals surface area contributed by atoms with Crippen LogP contribution in [0.25, 0.3) is 0 Å². The summed E-state index contributed by atoms with van der Waals surface area (Å²) in [4.78, 5) is 26.9. The Morgan fingerprint density at radius 1 is 1.06 bits per heavy atom. The maximum absolute atomic E-state index is 11.8. The number of carbonyl (C=O) groups excluding carboxylic acids is 2. The molecule has 2 aromatic carbocycles. The van der Waals surface area contributed by atoms with Crippen LogP contribution in [-0.4, -0.2) is 23.3 Å². The lowest BCUT2D eigenvalue weighted by molar-refractivity contribution is -0.122. The highest BCUT2D eigenvalue weighted by molar-refractivity contribution is 5.94. The highest BCUT2D eigenvalue weighted by Crippen LogP contribution is 2.35. The number of ether oxygens (including phenoxy) is 1. The van der Waals surface area contributed by atoms with Crippen LogP contribution in [-0.2, 0) is 22.4 Å². The van der Waals surface area contributed by atoms with Crippen molar-refractivity contribution in [2.75, 3.05) is 11.9 Å². The van der Waals surface area contributed by atoms with Crippen LogP contribution in [0, 0.1) is 0 Å². The summed E-state index contributed by atoms with van der Waals surface area (Å²) >= 11 is 0. The van der Waals surface area contributed by atoms with Crippen molar-refractivity contribution in [2.45, 2.75) is 32.1 Å². The summed E-state index contributed by atoms with van der Waals surface area (Å²) in [6, 6.07) is 20.4. The standard InChI is InChI=1S/C25H25N3O3/c1-17(29)26-16-24(30)28-22-10-12-25(27-15-22)31-23-11-9-20-13-19(7-8-21(20)14-23)18-5-3-2-4-6-18/h2-6,9-12,14-15,19H,7-8,13,16H2,1H3,(H,26,29)(H,28,30). The third-order valence-electron chi connectivity index (χ3n) is 5.42. The predicted molar refractivity (Wildman–Crippen MR) is 119 cm³/mol. The molecule has 0 aliphatic heterocycles. The molecule has 0 radical (unpaired) electrons. The molecule has 1 aliphatic carbocycles. The molecule has 1 aliphatic rings. The number of anilines is 1. The van der Waals surface area contributed by atoms with Gasteiger partial charge in [0.05, 0.1) is 18.4 Å². The van der Waals surface area contributed by atoms with Crippen molar-refractivity contribution in [1.82, 2.24) is 10.3 Å². The number of pyridine rings is 1. The fraction of sp³-hybridized carbons (Fsp3) is 0.240. The van der Waals surface area contributed by atoms with Gasteiger partial charge in [-0.3, -0.25) is 9.59 Å². The zero-order chi connectivity index (χ0) is 21.6. The van der Waals surface area contributed by atoms with Crippen molar-refractivity contribution in [1.29, 1.82) is 0 Å². The molecule has 4 rings (SSSR count). The van der Waals surface area contributed by atoms with Crippen LogP contribution in [0.3, 0.4) is 0 Å². The summed E-state index contributed by atoms with van der Waals surface area (Å²) in [5.74, 6) is 1.21. The van der Waals surface area contributed by atoms with E-state index in [-0.39, 0.29) is 18.4 Å². The quantitative estimate of drug-likeness (QED) is 0.632. The van der Waals surface area contributed by atoms with Crippen molar-refractivity contribution >= 4 is 17.5 Å². The minimum absolute atomic E-state index is 0.0756. The Balaban J connectivity index is 1.36. The summed E-state index contributed by atoms with van der Waals surface area (Å²) in [6.07, 6.45) is 4.74. The van der Waals surface area contributed by atoms with Crippen molar-refractivity contribution in [3.05, 3.63) is 83.6 Å². The van der Waals surface area contributed by atoms with E-state index in [1.165, 1.54) is 29.8 Å². The van der Waals surface area contributed by atoms with Crippen molar-refractivity contribution in [3.8, 4) is 11.6 Å². The van der Waals surface area contributed by atoms with Gasteiger partial charge in [-0.05, 0) is 60.1 Å². The number of amides is 2. The van der Waals surface area contributed by atoms with E-state index in [0.29, 0.717) is 17.5 Å². The third kappa shape index (κ3) is 5.48. The molecule has 6 heteroatoms. The summed E-state index contributed by atoms with van der Waals surface area (Å²) in [7, 11) is 0. The van der Waals surface area contributed by atoms with E-state index in [9.17, 15) is 9.59 Å². The lowest BCUT2D eigenvalue weighted by Crippen LogP contribution is -2.31. The molecule has 1 atom stereocenters. The van der Waals surface area contributed by atoms with Crippen LogP contribution in [0.15, 0.2) is 66.9 Å². The summed E-state index contributed by atoms with van der Waals surface area (Å²) in [5, 5.41) is 5.13. The molecule has 0 bridgehead atoms. The van der Waals surface area contributed by atoms with Gasteiger partial charge in [-0.15, -0.1) is 0 Å². The number of aryl methyl sites for hydroxylation is 1. The molecule has 2 amide bonds. The molecule has 158 valence electrons. The van der Waals surface area contributed by atoms with Crippen LogP contribution in [0.1, 0.15) is 36.0 Å². The number of hydrogen-bond acceptors (Lipinski definition) is 4. The van der Waals surface area contributed by atoms with Gasteiger partial charge >= 0.3 is 0 Å². The first-order valence-corrected chi connectivity index (χ1v) is 10.4. The van der Waals surface area contributed by atoms with Crippen LogP contribution in [0.5, 0.6) is 11.6 Å². The van der Waals surface area contributed by atoms with Crippen LogP contribution >= 0.6 is 0 Å². The number of fused-ring (bicyclic) bond motifs is 1. The second kappa shape index (κ2) is 9.43. The Morgan fingerprint density at radius 3 is 2.65 bits per heavy atom. The summed E-state index contributed by atoms with van der Waals surface area (Å²) < 4.78 is 5.91. The SMILES string of the molecule is CC(=O)NCC(=O)Nc1ccc(Oc2ccc3c(c2)CCC(c2ccccc2)C3)nc1. The van der Waals surface area contributed by atoms with E-state index < -0.39 is 0 Å². The third-order valence-corrected chi connectivity index (χ3v) is 5.42. The Bertz CT molecular complexity index is 1070. The molecule has 3 aromatic rings. The average molecular weight is 415 g/mol. The Hall–Kier alpha value is -3.67. The van der Waals surface area contributed by atoms with Crippen molar-refractivity contribution in [2.24, 2.45) is 0 Å². The van der Waals surface area contributed by atoms with Gasteiger partial charge in [0.2, 0.25) is 17.7 Å². The van der Waals surface area contributed by atoms with Gasteiger partial charge in [0.25, 0.3) is 0 Å². The van der Waals surface area contributed by atoms with E-state index in [0.717, 1.165) is 25.0 Å². The Labute approximate surface area is 181 Å². The van der Waals surface area contributed by atoms with Crippen LogP contribution < -0.4 is 15.4 Å². The van der Waals surface area contributed by atoms with Gasteiger partial charge in [-0.1, -0.05) is 36.4 Å². The minimum atomic E-state index is -0.311. The smallest absolute Gasteiger partial charge is 0.243 e. The largest absolute Gasteiger partial charge is 0.439 e. The van der Waals surface area contributed by atoms with Crippen LogP contribution in [0.4, 0.5) is 5.69 Å². The lowest BCUT2D eigenvalue weighted by atomic mass is 9.80. The van der Waals surface area contributed by atoms with Gasteiger partial charge in [0, 0.05) is 13.0 Å². The number of rotatable bonds is 6. The second-order valence-corrected chi connectivity index (χ2v) is 7.73. The number of aromatic nitrogens is 1. The topological polar surface area (TPSA) is 80.3 Å². The maximum atomic E-state index is 11.8. The zero-order valence-electron chi connectivity index (χ0n) is 17.4. The first-order valence-electron chi connectivity index (χ1n) is 10.4. The number of hydrogen-bond donors (Lipinski definition) is 2. The van der Waals surface area contributed by atoms with Crippen molar-refractivity contribution in [3.63, 3.8) is 0 Å². The maximum Gasteiger partial charge on any atom is 0.243 e. The molecule has 0 spiro atoms. The molecule has 31 heavy (non-hydrogen) atoms. The molecular weight excluding hydrogens is 390 g/mol. The summed E-state index contributed by atoms with van der Waals surface area (Å²) in [5.41, 5.74) is 4.64. The van der Waals surface area contributed by atoms with Gasteiger partial charge in [0.15, 0.2) is 0 Å². The monoisotopic (exact) mass is 415 g/mol. The second-order valence-electron chi connectivity index (χ2n) is 7.73. The molecule has 6 nitrogen and oxygen atoms in total. The van der Waals surface area contributed by atoms with Gasteiger partial charge in [0.1, 0.15) is 5.75 Å². The first-order chi connectivity index (χ1) is 15.1. The molecule has 1 aromatic heterocycles. The molecule has 0 saturated carbocycles. The zero-order valence-corrected chi connectivity index (χ0v) is 17.4. The van der Waals surface area contributed by atoms with E-state index in [4.69, 9.17) is 4.74 Å². The Morgan fingerprint density at radius 2 is 1.90 bits per heavy atom. The fourth-order valence-corrected chi connectivity index (χ4v) is 3.85. The number of nitrogens with zero attached hydrogens (tertiary/aromatic N) is 1. The number of benzene rings is 2. The highest BCUT2D eigenvalue weighted by atomic mass is 16.5. The minimum Gasteiger partial charge on any atom is -0.439 e. The molecule has 0 saturated heterocycles. The molecule has 2 N–H and O–H groups in total. The van der Waals surface area contributed by atoms with Crippen LogP contribution in [0.2, 0.25) is 0 Å². The van der Waals surface area contributed by atoms with E-state index in [1.54, 1.807) is 12.1 Å². The van der Waals surface area contributed by atoms with E-state index >= 15 is 0 Å². The summed E-state index contributed by atoms with van der Waals surface area (Å²) in [6.45, 7) is 1.29.